The number of alkyl carbamates (subject to hydrolysis) is 1. The van der Waals surface area contributed by atoms with Crippen LogP contribution in [0.1, 0.15) is 66.0 Å². The molecule has 11 heteroatoms. The number of hydrogen-bond donors (Lipinski definition) is 7. The Labute approximate surface area is 280 Å². The summed E-state index contributed by atoms with van der Waals surface area (Å²) in [5, 5.41) is 34.1. The molecule has 47 heavy (non-hydrogen) atoms. The largest absolute Gasteiger partial charge is 0.444 e. The molecule has 3 amide bonds. The molecule has 0 aliphatic heterocycles. The van der Waals surface area contributed by atoms with Gasteiger partial charge in [-0.05, 0) is 63.0 Å². The van der Waals surface area contributed by atoms with Gasteiger partial charge in [-0.15, -0.1) is 0 Å². The standard InChI is InChI=1S/C36H57N5O6/c1-23(2)18-27(37)33(44)41-32(24(3)4)34(45)39-28(19-25-14-10-8-11-15-25)30(42)21-38-22-31(43)29(20-26-16-12-9-13-17-26)40-35(46)47-36(5,6)7/h8-17,23-24,27-32,38,42-43H,18-22,37H2,1-7H3,(H,39,45)(H,40,46)(H,41,44)/t27-,28-,29-,30+,31+,32-/m0/s1. The van der Waals surface area contributed by atoms with Crippen LogP contribution in [0.5, 0.6) is 0 Å². The van der Waals surface area contributed by atoms with Crippen molar-refractivity contribution in [2.24, 2.45) is 17.6 Å². The Bertz CT molecular complexity index is 1220. The lowest BCUT2D eigenvalue weighted by Crippen LogP contribution is -2.58. The van der Waals surface area contributed by atoms with E-state index in [0.717, 1.165) is 11.1 Å². The fourth-order valence-electron chi connectivity index (χ4n) is 5.11. The van der Waals surface area contributed by atoms with Gasteiger partial charge in [0, 0.05) is 13.1 Å². The third kappa shape index (κ3) is 15.3. The van der Waals surface area contributed by atoms with Gasteiger partial charge in [-0.2, -0.15) is 0 Å². The van der Waals surface area contributed by atoms with Crippen molar-refractivity contribution in [2.75, 3.05) is 13.1 Å². The van der Waals surface area contributed by atoms with E-state index >= 15 is 0 Å². The van der Waals surface area contributed by atoms with Gasteiger partial charge >= 0.3 is 6.09 Å². The molecule has 0 aliphatic carbocycles. The van der Waals surface area contributed by atoms with Crippen LogP contribution in [0, 0.1) is 11.8 Å². The van der Waals surface area contributed by atoms with Gasteiger partial charge in [0.1, 0.15) is 11.6 Å². The van der Waals surface area contributed by atoms with Gasteiger partial charge < -0.3 is 42.0 Å². The Hall–Kier alpha value is -3.51. The summed E-state index contributed by atoms with van der Waals surface area (Å²) in [5.41, 5.74) is 7.20. The summed E-state index contributed by atoms with van der Waals surface area (Å²) in [6, 6.07) is 16.0. The van der Waals surface area contributed by atoms with Gasteiger partial charge in [0.25, 0.3) is 0 Å². The maximum absolute atomic E-state index is 13.5. The summed E-state index contributed by atoms with van der Waals surface area (Å²) in [6.45, 7) is 13.0. The average Bonchev–Trinajstić information content (AvgIpc) is 2.98. The van der Waals surface area contributed by atoms with Gasteiger partial charge in [0.2, 0.25) is 11.8 Å². The van der Waals surface area contributed by atoms with Crippen LogP contribution in [0.4, 0.5) is 4.79 Å². The van der Waals surface area contributed by atoms with E-state index in [9.17, 15) is 24.6 Å². The van der Waals surface area contributed by atoms with Crippen molar-refractivity contribution in [1.29, 1.82) is 0 Å². The minimum Gasteiger partial charge on any atom is -0.444 e. The highest BCUT2D eigenvalue weighted by molar-refractivity contribution is 5.90. The zero-order valence-electron chi connectivity index (χ0n) is 29.0. The molecule has 2 aromatic carbocycles. The molecule has 0 bridgehead atoms. The number of carbonyl (C=O) groups is 3. The lowest BCUT2D eigenvalue weighted by Gasteiger charge is -2.30. The minimum absolute atomic E-state index is 0.0390. The second-order valence-corrected chi connectivity index (χ2v) is 14.0. The molecule has 0 spiro atoms. The third-order valence-electron chi connectivity index (χ3n) is 7.57. The van der Waals surface area contributed by atoms with E-state index in [1.54, 1.807) is 20.8 Å². The topological polar surface area (TPSA) is 175 Å². The fourth-order valence-corrected chi connectivity index (χ4v) is 5.11. The van der Waals surface area contributed by atoms with Crippen LogP contribution in [0.15, 0.2) is 60.7 Å². The molecule has 2 aromatic rings. The van der Waals surface area contributed by atoms with Gasteiger partial charge in [-0.25, -0.2) is 4.79 Å². The van der Waals surface area contributed by atoms with Crippen molar-refractivity contribution in [3.8, 4) is 0 Å². The number of ether oxygens (including phenoxy) is 1. The molecule has 0 unspecified atom stereocenters. The Balaban J connectivity index is 2.13. The van der Waals surface area contributed by atoms with E-state index in [1.165, 1.54) is 0 Å². The predicted molar refractivity (Wildman–Crippen MR) is 184 cm³/mol. The summed E-state index contributed by atoms with van der Waals surface area (Å²) < 4.78 is 5.42. The lowest BCUT2D eigenvalue weighted by molar-refractivity contribution is -0.131. The van der Waals surface area contributed by atoms with Crippen LogP contribution in [0.3, 0.4) is 0 Å². The molecule has 0 saturated heterocycles. The average molecular weight is 656 g/mol. The highest BCUT2D eigenvalue weighted by Gasteiger charge is 2.31. The summed E-state index contributed by atoms with van der Waals surface area (Å²) in [7, 11) is 0. The number of hydrogen-bond acceptors (Lipinski definition) is 8. The van der Waals surface area contributed by atoms with Crippen LogP contribution in [0.25, 0.3) is 0 Å². The Morgan fingerprint density at radius 3 is 1.64 bits per heavy atom. The Morgan fingerprint density at radius 1 is 0.745 bits per heavy atom. The van der Waals surface area contributed by atoms with Gasteiger partial charge in [0.05, 0.1) is 30.3 Å². The maximum atomic E-state index is 13.5. The summed E-state index contributed by atoms with van der Waals surface area (Å²) in [4.78, 5) is 38.9. The molecular weight excluding hydrogens is 598 g/mol. The quantitative estimate of drug-likeness (QED) is 0.128. The summed E-state index contributed by atoms with van der Waals surface area (Å²) in [6.07, 6.45) is -1.52. The first-order chi connectivity index (χ1) is 22.1. The van der Waals surface area contributed by atoms with E-state index in [1.807, 2.05) is 88.4 Å². The molecule has 0 heterocycles. The SMILES string of the molecule is CC(C)C[C@H](N)C(=O)N[C@H](C(=O)N[C@@H](Cc1ccccc1)[C@H](O)CNC[C@@H](O)[C@H](Cc1ccccc1)NC(=O)OC(C)(C)C)C(C)C. The number of nitrogens with one attached hydrogen (secondary N) is 4. The zero-order chi connectivity index (χ0) is 35.1. The van der Waals surface area contributed by atoms with Crippen molar-refractivity contribution in [1.82, 2.24) is 21.3 Å². The molecule has 8 N–H and O–H groups in total. The molecular formula is C36H57N5O6. The molecule has 0 radical (unpaired) electrons. The zero-order valence-corrected chi connectivity index (χ0v) is 29.0. The molecule has 0 aliphatic rings. The van der Waals surface area contributed by atoms with Crippen LogP contribution < -0.4 is 27.0 Å². The second-order valence-electron chi connectivity index (χ2n) is 14.0. The second kappa shape index (κ2) is 19.3. The fraction of sp³-hybridized carbons (Fsp3) is 0.583. The van der Waals surface area contributed by atoms with E-state index in [0.29, 0.717) is 19.3 Å². The lowest BCUT2D eigenvalue weighted by atomic mass is 9.97. The van der Waals surface area contributed by atoms with Gasteiger partial charge in [0.15, 0.2) is 0 Å². The van der Waals surface area contributed by atoms with Gasteiger partial charge in [-0.3, -0.25) is 9.59 Å². The monoisotopic (exact) mass is 655 g/mol. The van der Waals surface area contributed by atoms with Crippen molar-refractivity contribution < 1.29 is 29.3 Å². The minimum atomic E-state index is -1.05. The highest BCUT2D eigenvalue weighted by Crippen LogP contribution is 2.12. The number of aliphatic hydroxyl groups excluding tert-OH is 2. The van der Waals surface area contributed by atoms with E-state index in [4.69, 9.17) is 10.5 Å². The summed E-state index contributed by atoms with van der Waals surface area (Å²) in [5.74, 6) is -0.824. The first-order valence-corrected chi connectivity index (χ1v) is 16.6. The van der Waals surface area contributed by atoms with Crippen LogP contribution in [0.2, 0.25) is 0 Å². The molecule has 11 nitrogen and oxygen atoms in total. The third-order valence-corrected chi connectivity index (χ3v) is 7.57. The first kappa shape index (κ1) is 39.7. The van der Waals surface area contributed by atoms with Crippen molar-refractivity contribution in [2.45, 2.75) is 110 Å². The Kier molecular flexibility index (Phi) is 16.3. The molecule has 0 aromatic heterocycles. The molecule has 6 atom stereocenters. The number of amides is 3. The number of nitrogens with two attached hydrogens (primary N) is 1. The van der Waals surface area contributed by atoms with Crippen LogP contribution in [-0.4, -0.2) is 83.2 Å². The molecule has 0 saturated carbocycles. The number of carbonyl (C=O) groups excluding carboxylic acids is 3. The number of benzene rings is 2. The van der Waals surface area contributed by atoms with E-state index in [2.05, 4.69) is 21.3 Å². The van der Waals surface area contributed by atoms with Crippen LogP contribution >= 0.6 is 0 Å². The maximum Gasteiger partial charge on any atom is 0.407 e. The predicted octanol–water partition coefficient (Wildman–Crippen LogP) is 2.68. The normalized spacial score (nSPS) is 15.7. The number of aliphatic hydroxyl groups is 2. The highest BCUT2D eigenvalue weighted by atomic mass is 16.6. The molecule has 0 fully saturated rings. The van der Waals surface area contributed by atoms with E-state index in [-0.39, 0.29) is 24.9 Å². The van der Waals surface area contributed by atoms with Gasteiger partial charge in [-0.1, -0.05) is 88.4 Å². The van der Waals surface area contributed by atoms with Crippen molar-refractivity contribution >= 4 is 17.9 Å². The molecule has 2 rings (SSSR count). The van der Waals surface area contributed by atoms with Crippen molar-refractivity contribution in [3.63, 3.8) is 0 Å². The number of rotatable bonds is 18. The molecule has 262 valence electrons. The van der Waals surface area contributed by atoms with E-state index < -0.39 is 59.9 Å². The Morgan fingerprint density at radius 2 is 1.21 bits per heavy atom. The summed E-state index contributed by atoms with van der Waals surface area (Å²) >= 11 is 0. The first-order valence-electron chi connectivity index (χ1n) is 16.6. The smallest absolute Gasteiger partial charge is 0.407 e. The van der Waals surface area contributed by atoms with Crippen molar-refractivity contribution in [3.05, 3.63) is 71.8 Å². The van der Waals surface area contributed by atoms with Crippen LogP contribution in [-0.2, 0) is 27.2 Å².